The summed E-state index contributed by atoms with van der Waals surface area (Å²) in [6, 6.07) is 8.81. The van der Waals surface area contributed by atoms with E-state index in [0.29, 0.717) is 5.92 Å². The number of nitrogens with zero attached hydrogens (tertiary/aromatic N) is 3. The Morgan fingerprint density at radius 3 is 2.45 bits per heavy atom. The Balaban J connectivity index is 1.60. The van der Waals surface area contributed by atoms with Gasteiger partial charge in [-0.05, 0) is 17.0 Å². The van der Waals surface area contributed by atoms with Gasteiger partial charge in [-0.25, -0.2) is 0 Å². The number of ether oxygens (including phenoxy) is 1. The molecule has 1 aliphatic heterocycles. The topological polar surface area (TPSA) is 30.3 Å². The molecule has 1 aromatic heterocycles. The van der Waals surface area contributed by atoms with E-state index in [1.807, 2.05) is 10.9 Å². The highest BCUT2D eigenvalue weighted by Crippen LogP contribution is 2.22. The zero-order valence-electron chi connectivity index (χ0n) is 13.5. The lowest BCUT2D eigenvalue weighted by molar-refractivity contribution is 0.0360. The Bertz CT molecular complexity index is 583. The molecule has 2 aromatic rings. The van der Waals surface area contributed by atoms with Crippen LogP contribution in [0.5, 0.6) is 0 Å². The monoisotopic (exact) mass is 299 g/mol. The highest BCUT2D eigenvalue weighted by Gasteiger charge is 2.10. The molecule has 0 bridgehead atoms. The lowest BCUT2D eigenvalue weighted by atomic mass is 10.0. The minimum atomic E-state index is 0.574. The van der Waals surface area contributed by atoms with E-state index in [9.17, 15) is 0 Å². The van der Waals surface area contributed by atoms with Crippen molar-refractivity contribution in [3.63, 3.8) is 0 Å². The third-order valence-electron chi connectivity index (χ3n) is 4.29. The average molecular weight is 299 g/mol. The van der Waals surface area contributed by atoms with Gasteiger partial charge in [-0.15, -0.1) is 0 Å². The van der Waals surface area contributed by atoms with Crippen LogP contribution in [0.2, 0.25) is 0 Å². The van der Waals surface area contributed by atoms with Gasteiger partial charge >= 0.3 is 0 Å². The number of benzene rings is 1. The zero-order valence-corrected chi connectivity index (χ0v) is 13.5. The molecule has 0 amide bonds. The van der Waals surface area contributed by atoms with Crippen molar-refractivity contribution in [2.45, 2.75) is 26.3 Å². The molecule has 2 heterocycles. The Kier molecular flexibility index (Phi) is 4.90. The molecule has 0 N–H and O–H groups in total. The molecule has 4 nitrogen and oxygen atoms in total. The van der Waals surface area contributed by atoms with Crippen LogP contribution >= 0.6 is 0 Å². The van der Waals surface area contributed by atoms with Crippen LogP contribution in [0.25, 0.3) is 11.1 Å². The number of hydrogen-bond donors (Lipinski definition) is 0. The van der Waals surface area contributed by atoms with E-state index in [1.165, 1.54) is 16.7 Å². The van der Waals surface area contributed by atoms with Crippen molar-refractivity contribution >= 4 is 0 Å². The number of aromatic nitrogens is 2. The first-order chi connectivity index (χ1) is 10.7. The third-order valence-corrected chi connectivity index (χ3v) is 4.29. The van der Waals surface area contributed by atoms with E-state index < -0.39 is 0 Å². The molecule has 1 saturated heterocycles. The summed E-state index contributed by atoms with van der Waals surface area (Å²) in [4.78, 5) is 2.43. The molecular formula is C18H25N3O. The average Bonchev–Trinajstić information content (AvgIpc) is 3.03. The summed E-state index contributed by atoms with van der Waals surface area (Å²) in [5, 5.41) is 4.49. The standard InChI is InChI=1S/C18H25N3O/c1-15(2)16-3-5-17(6-4-16)18-13-19-21(14-18)8-7-20-9-11-22-12-10-20/h3-6,13-15H,7-12H2,1-2H3. The Morgan fingerprint density at radius 1 is 1.05 bits per heavy atom. The fourth-order valence-electron chi connectivity index (χ4n) is 2.76. The minimum Gasteiger partial charge on any atom is -0.379 e. The molecule has 4 heteroatoms. The molecule has 0 atom stereocenters. The Hall–Kier alpha value is -1.65. The second kappa shape index (κ2) is 7.07. The third kappa shape index (κ3) is 3.76. The van der Waals surface area contributed by atoms with Crippen LogP contribution in [0, 0.1) is 0 Å². The van der Waals surface area contributed by atoms with Gasteiger partial charge in [-0.1, -0.05) is 38.1 Å². The van der Waals surface area contributed by atoms with E-state index in [2.05, 4.69) is 54.3 Å². The van der Waals surface area contributed by atoms with Gasteiger partial charge in [-0.3, -0.25) is 9.58 Å². The van der Waals surface area contributed by atoms with E-state index in [1.54, 1.807) is 0 Å². The molecule has 0 unspecified atom stereocenters. The Morgan fingerprint density at radius 2 is 1.77 bits per heavy atom. The first-order valence-corrected chi connectivity index (χ1v) is 8.15. The molecule has 1 aromatic carbocycles. The van der Waals surface area contributed by atoms with E-state index in [0.717, 1.165) is 39.4 Å². The van der Waals surface area contributed by atoms with Gasteiger partial charge in [0.15, 0.2) is 0 Å². The van der Waals surface area contributed by atoms with Crippen molar-refractivity contribution in [2.75, 3.05) is 32.8 Å². The lowest BCUT2D eigenvalue weighted by Gasteiger charge is -2.26. The largest absolute Gasteiger partial charge is 0.379 e. The second-order valence-corrected chi connectivity index (χ2v) is 6.22. The van der Waals surface area contributed by atoms with Crippen LogP contribution in [-0.2, 0) is 11.3 Å². The van der Waals surface area contributed by atoms with Gasteiger partial charge in [0.25, 0.3) is 0 Å². The van der Waals surface area contributed by atoms with Crippen LogP contribution in [-0.4, -0.2) is 47.5 Å². The molecule has 0 spiro atoms. The van der Waals surface area contributed by atoms with Gasteiger partial charge < -0.3 is 4.74 Å². The van der Waals surface area contributed by atoms with Crippen molar-refractivity contribution in [1.29, 1.82) is 0 Å². The van der Waals surface area contributed by atoms with Gasteiger partial charge in [0, 0.05) is 31.4 Å². The molecule has 1 aliphatic rings. The van der Waals surface area contributed by atoms with Crippen molar-refractivity contribution < 1.29 is 4.74 Å². The molecular weight excluding hydrogens is 274 g/mol. The zero-order chi connectivity index (χ0) is 15.4. The van der Waals surface area contributed by atoms with Crippen LogP contribution in [0.4, 0.5) is 0 Å². The van der Waals surface area contributed by atoms with Crippen LogP contribution in [0.3, 0.4) is 0 Å². The first-order valence-electron chi connectivity index (χ1n) is 8.15. The van der Waals surface area contributed by atoms with Gasteiger partial charge in [-0.2, -0.15) is 5.10 Å². The molecule has 0 aliphatic carbocycles. The van der Waals surface area contributed by atoms with Crippen molar-refractivity contribution in [3.8, 4) is 11.1 Å². The van der Waals surface area contributed by atoms with E-state index in [4.69, 9.17) is 4.74 Å². The SMILES string of the molecule is CC(C)c1ccc(-c2cnn(CCN3CCOCC3)c2)cc1. The lowest BCUT2D eigenvalue weighted by Crippen LogP contribution is -2.38. The molecule has 3 rings (SSSR count). The van der Waals surface area contributed by atoms with Crippen molar-refractivity contribution in [1.82, 2.24) is 14.7 Å². The maximum Gasteiger partial charge on any atom is 0.0594 e. The van der Waals surface area contributed by atoms with Crippen LogP contribution < -0.4 is 0 Å². The van der Waals surface area contributed by atoms with Gasteiger partial charge in [0.05, 0.1) is 26.0 Å². The summed E-state index contributed by atoms with van der Waals surface area (Å²) < 4.78 is 7.42. The van der Waals surface area contributed by atoms with Crippen molar-refractivity contribution in [2.24, 2.45) is 0 Å². The number of rotatable bonds is 5. The maximum atomic E-state index is 5.38. The maximum absolute atomic E-state index is 5.38. The predicted molar refractivity (Wildman–Crippen MR) is 89.0 cm³/mol. The summed E-state index contributed by atoms with van der Waals surface area (Å²) in [6.07, 6.45) is 4.11. The molecule has 22 heavy (non-hydrogen) atoms. The second-order valence-electron chi connectivity index (χ2n) is 6.22. The van der Waals surface area contributed by atoms with Gasteiger partial charge in [0.2, 0.25) is 0 Å². The first kappa shape index (κ1) is 15.3. The summed E-state index contributed by atoms with van der Waals surface area (Å²) in [7, 11) is 0. The highest BCUT2D eigenvalue weighted by molar-refractivity contribution is 5.62. The normalized spacial score (nSPS) is 16.3. The summed E-state index contributed by atoms with van der Waals surface area (Å²) in [5.74, 6) is 0.574. The highest BCUT2D eigenvalue weighted by atomic mass is 16.5. The van der Waals surface area contributed by atoms with Gasteiger partial charge in [0.1, 0.15) is 0 Å². The number of hydrogen-bond acceptors (Lipinski definition) is 3. The predicted octanol–water partition coefficient (Wildman–Crippen LogP) is 3.01. The number of morpholine rings is 1. The van der Waals surface area contributed by atoms with Crippen LogP contribution in [0.1, 0.15) is 25.3 Å². The summed E-state index contributed by atoms with van der Waals surface area (Å²) in [5.41, 5.74) is 3.81. The summed E-state index contributed by atoms with van der Waals surface area (Å²) >= 11 is 0. The molecule has 0 saturated carbocycles. The smallest absolute Gasteiger partial charge is 0.0594 e. The van der Waals surface area contributed by atoms with E-state index >= 15 is 0 Å². The summed E-state index contributed by atoms with van der Waals surface area (Å²) in [6.45, 7) is 10.2. The minimum absolute atomic E-state index is 0.574. The van der Waals surface area contributed by atoms with E-state index in [-0.39, 0.29) is 0 Å². The molecule has 118 valence electrons. The molecule has 1 fully saturated rings. The van der Waals surface area contributed by atoms with Crippen LogP contribution in [0.15, 0.2) is 36.7 Å². The Labute approximate surface area is 132 Å². The quantitative estimate of drug-likeness (QED) is 0.850. The fourth-order valence-corrected chi connectivity index (χ4v) is 2.76. The van der Waals surface area contributed by atoms with Crippen molar-refractivity contribution in [3.05, 3.63) is 42.2 Å². The fraction of sp³-hybridized carbons (Fsp3) is 0.500. The molecule has 0 radical (unpaired) electrons.